The lowest BCUT2D eigenvalue weighted by Crippen LogP contribution is -2.60. The zero-order valence-corrected chi connectivity index (χ0v) is 24.2. The maximum atomic E-state index is 14.0. The Morgan fingerprint density at radius 1 is 1.03 bits per heavy atom. The summed E-state index contributed by atoms with van der Waals surface area (Å²) < 4.78 is 2.16. The first-order valence-corrected chi connectivity index (χ1v) is 14.8. The summed E-state index contributed by atoms with van der Waals surface area (Å²) in [5.74, 6) is 0.684. The molecule has 0 N–H and O–H groups in total. The van der Waals surface area contributed by atoms with Gasteiger partial charge in [-0.2, -0.15) is 0 Å². The smallest absolute Gasteiger partial charge is 0.241 e. The number of rotatable bonds is 4. The number of aromatic nitrogens is 3. The molecule has 4 heterocycles. The summed E-state index contributed by atoms with van der Waals surface area (Å²) in [6.45, 7) is 6.90. The Bertz CT molecular complexity index is 1310. The number of fused-ring (bicyclic) bond motifs is 2. The highest BCUT2D eigenvalue weighted by atomic mass is 35.5. The fourth-order valence-electron chi connectivity index (χ4n) is 6.67. The number of hydrogen-bond donors (Lipinski definition) is 0. The van der Waals surface area contributed by atoms with Gasteiger partial charge in [-0.25, -0.2) is 4.98 Å². The minimum Gasteiger partial charge on any atom is -0.341 e. The number of piperidine rings is 1. The van der Waals surface area contributed by atoms with Crippen molar-refractivity contribution in [3.8, 4) is 0 Å². The molecule has 0 bridgehead atoms. The summed E-state index contributed by atoms with van der Waals surface area (Å²) in [6, 6.07) is 8.04. The monoisotopic (exact) mass is 566 g/mol. The van der Waals surface area contributed by atoms with Crippen molar-refractivity contribution in [2.75, 3.05) is 39.8 Å². The first kappa shape index (κ1) is 26.8. The quantitative estimate of drug-likeness (QED) is 0.460. The van der Waals surface area contributed by atoms with Gasteiger partial charge in [0.05, 0.1) is 28.8 Å². The van der Waals surface area contributed by atoms with Gasteiger partial charge in [0.25, 0.3) is 0 Å². The average Bonchev–Trinajstić information content (AvgIpc) is 3.26. The number of likely N-dealkylation sites (tertiary alicyclic amines) is 1. The average molecular weight is 568 g/mol. The minimum atomic E-state index is -0.192. The van der Waals surface area contributed by atoms with Gasteiger partial charge in [0.1, 0.15) is 6.04 Å². The molecule has 0 radical (unpaired) electrons. The Balaban J connectivity index is 1.25. The Morgan fingerprint density at radius 3 is 2.67 bits per heavy atom. The van der Waals surface area contributed by atoms with Crippen LogP contribution in [0.4, 0.5) is 0 Å². The number of halogens is 2. The molecule has 0 saturated carbocycles. The van der Waals surface area contributed by atoms with Gasteiger partial charge in [-0.05, 0) is 80.5 Å². The molecule has 7 nitrogen and oxygen atoms in total. The largest absolute Gasteiger partial charge is 0.341 e. The molecule has 206 valence electrons. The highest BCUT2D eigenvalue weighted by Gasteiger charge is 2.39. The second kappa shape index (κ2) is 11.2. The third kappa shape index (κ3) is 5.60. The lowest BCUT2D eigenvalue weighted by Gasteiger charge is -2.45. The molecule has 1 unspecified atom stereocenters. The van der Waals surface area contributed by atoms with Crippen molar-refractivity contribution in [1.82, 2.24) is 29.2 Å². The summed E-state index contributed by atoms with van der Waals surface area (Å²) in [6.07, 6.45) is 9.68. The number of hydrogen-bond acceptors (Lipinski definition) is 5. The number of carbonyl (C=O) groups is 1. The van der Waals surface area contributed by atoms with E-state index in [-0.39, 0.29) is 18.0 Å². The number of likely N-dealkylation sites (N-methyl/N-ethyl adjacent to an activating group) is 1. The molecule has 6 rings (SSSR count). The Morgan fingerprint density at radius 2 is 1.85 bits per heavy atom. The van der Waals surface area contributed by atoms with Crippen LogP contribution in [0, 0.1) is 12.8 Å². The fourth-order valence-corrected chi connectivity index (χ4v) is 7.05. The second-order valence-corrected chi connectivity index (χ2v) is 12.3. The SMILES string of the molecule is Cc1cn(C[C@@H]2CCCN(C(=O)[C@H]3CN(C4c5ccc(Cl)cc5CCc5cc(Cl)cnc54)CCN3C)C2)cn1. The highest BCUT2D eigenvalue weighted by molar-refractivity contribution is 6.30. The summed E-state index contributed by atoms with van der Waals surface area (Å²) in [7, 11) is 2.09. The van der Waals surface area contributed by atoms with E-state index in [0.29, 0.717) is 17.5 Å². The maximum absolute atomic E-state index is 14.0. The predicted octanol–water partition coefficient (Wildman–Crippen LogP) is 4.64. The molecule has 3 aromatic rings. The van der Waals surface area contributed by atoms with Crippen LogP contribution in [-0.2, 0) is 24.2 Å². The normalized spacial score (nSPS) is 24.2. The van der Waals surface area contributed by atoms with Gasteiger partial charge in [0.2, 0.25) is 5.91 Å². The van der Waals surface area contributed by atoms with E-state index in [2.05, 4.69) is 55.7 Å². The lowest BCUT2D eigenvalue weighted by atomic mass is 9.94. The van der Waals surface area contributed by atoms with Gasteiger partial charge >= 0.3 is 0 Å². The third-order valence-corrected chi connectivity index (χ3v) is 9.12. The van der Waals surface area contributed by atoms with E-state index in [1.54, 1.807) is 6.20 Å². The molecule has 1 amide bonds. The van der Waals surface area contributed by atoms with Crippen LogP contribution < -0.4 is 0 Å². The van der Waals surface area contributed by atoms with E-state index in [4.69, 9.17) is 28.2 Å². The van der Waals surface area contributed by atoms with Gasteiger partial charge in [0, 0.05) is 56.7 Å². The van der Waals surface area contributed by atoms with E-state index in [1.807, 2.05) is 19.3 Å². The molecule has 0 spiro atoms. The number of benzene rings is 1. The lowest BCUT2D eigenvalue weighted by molar-refractivity contribution is -0.141. The van der Waals surface area contributed by atoms with E-state index in [9.17, 15) is 4.79 Å². The van der Waals surface area contributed by atoms with Crippen molar-refractivity contribution < 1.29 is 4.79 Å². The summed E-state index contributed by atoms with van der Waals surface area (Å²) >= 11 is 12.8. The number of imidazole rings is 1. The van der Waals surface area contributed by atoms with E-state index in [1.165, 1.54) is 16.7 Å². The van der Waals surface area contributed by atoms with Crippen LogP contribution in [0.3, 0.4) is 0 Å². The molecule has 2 saturated heterocycles. The van der Waals surface area contributed by atoms with Crippen LogP contribution in [0.25, 0.3) is 0 Å². The Hall–Kier alpha value is -2.45. The van der Waals surface area contributed by atoms with Crippen molar-refractivity contribution in [2.24, 2.45) is 5.92 Å². The molecular formula is C30H36Cl2N6O. The number of piperazine rings is 1. The first-order chi connectivity index (χ1) is 18.9. The summed E-state index contributed by atoms with van der Waals surface area (Å²) in [5.41, 5.74) is 5.73. The number of amides is 1. The highest BCUT2D eigenvalue weighted by Crippen LogP contribution is 2.38. The van der Waals surface area contributed by atoms with Crippen LogP contribution in [0.1, 0.15) is 47.0 Å². The second-order valence-electron chi connectivity index (χ2n) is 11.4. The molecule has 9 heteroatoms. The molecule has 1 aromatic carbocycles. The standard InChI is InChI=1S/C30H36Cl2N6O/c1-20-15-36(19-34-20)16-21-4-3-9-38(17-21)30(39)27-18-37(11-10-35(27)2)29-26-8-7-24(31)12-22(26)5-6-23-13-25(32)14-33-28(23)29/h7-8,12-15,19,21,27,29H,3-6,9-11,16-18H2,1-2H3/t21-,27+,29?/m0/s1. The van der Waals surface area contributed by atoms with Crippen LogP contribution in [-0.4, -0.2) is 81.0 Å². The van der Waals surface area contributed by atoms with Crippen LogP contribution in [0.15, 0.2) is 43.0 Å². The number of pyridine rings is 1. The molecular weight excluding hydrogens is 531 g/mol. The molecule has 1 aliphatic carbocycles. The van der Waals surface area contributed by atoms with E-state index >= 15 is 0 Å². The van der Waals surface area contributed by atoms with Gasteiger partial charge < -0.3 is 9.47 Å². The molecule has 2 fully saturated rings. The van der Waals surface area contributed by atoms with Crippen molar-refractivity contribution >= 4 is 29.1 Å². The fraction of sp³-hybridized carbons (Fsp3) is 0.500. The molecule has 2 aliphatic heterocycles. The maximum Gasteiger partial charge on any atom is 0.241 e. The van der Waals surface area contributed by atoms with Gasteiger partial charge in [-0.3, -0.25) is 19.6 Å². The zero-order valence-electron chi connectivity index (χ0n) is 22.7. The molecule has 39 heavy (non-hydrogen) atoms. The Labute approximate surface area is 240 Å². The summed E-state index contributed by atoms with van der Waals surface area (Å²) in [5, 5.41) is 1.41. The van der Waals surface area contributed by atoms with Crippen molar-refractivity contribution in [3.05, 3.63) is 81.1 Å². The predicted molar refractivity (Wildman–Crippen MR) is 154 cm³/mol. The van der Waals surface area contributed by atoms with Crippen molar-refractivity contribution in [2.45, 2.75) is 51.2 Å². The minimum absolute atomic E-state index is 0.0328. The van der Waals surface area contributed by atoms with Gasteiger partial charge in [-0.15, -0.1) is 0 Å². The van der Waals surface area contributed by atoms with E-state index in [0.717, 1.165) is 74.8 Å². The molecule has 3 atom stereocenters. The van der Waals surface area contributed by atoms with Crippen LogP contribution >= 0.6 is 23.2 Å². The van der Waals surface area contributed by atoms with Gasteiger partial charge in [0.15, 0.2) is 0 Å². The number of nitrogens with zero attached hydrogens (tertiary/aromatic N) is 6. The van der Waals surface area contributed by atoms with Crippen molar-refractivity contribution in [3.63, 3.8) is 0 Å². The first-order valence-electron chi connectivity index (χ1n) is 14.0. The molecule has 3 aliphatic rings. The number of carbonyl (C=O) groups excluding carboxylic acids is 1. The van der Waals surface area contributed by atoms with Crippen molar-refractivity contribution in [1.29, 1.82) is 0 Å². The topological polar surface area (TPSA) is 57.5 Å². The summed E-state index contributed by atoms with van der Waals surface area (Å²) in [4.78, 5) is 30.1. The third-order valence-electron chi connectivity index (χ3n) is 8.68. The molecule has 2 aromatic heterocycles. The Kier molecular flexibility index (Phi) is 7.68. The van der Waals surface area contributed by atoms with E-state index < -0.39 is 0 Å². The van der Waals surface area contributed by atoms with Crippen LogP contribution in [0.2, 0.25) is 10.0 Å². The zero-order chi connectivity index (χ0) is 27.1. The number of aryl methyl sites for hydroxylation is 3. The van der Waals surface area contributed by atoms with Gasteiger partial charge in [-0.1, -0.05) is 29.3 Å². The van der Waals surface area contributed by atoms with Crippen LogP contribution in [0.5, 0.6) is 0 Å².